The summed E-state index contributed by atoms with van der Waals surface area (Å²) in [6, 6.07) is 4.79. The van der Waals surface area contributed by atoms with Crippen molar-refractivity contribution in [3.05, 3.63) is 35.1 Å². The molecule has 0 heterocycles. The molecule has 12 heavy (non-hydrogen) atoms. The molecule has 0 aliphatic carbocycles. The SMILES string of the molecule is Cc1cc(C(N)CS)ccc1F. The van der Waals surface area contributed by atoms with Gasteiger partial charge in [-0.3, -0.25) is 0 Å². The largest absolute Gasteiger partial charge is 0.323 e. The van der Waals surface area contributed by atoms with Gasteiger partial charge in [-0.15, -0.1) is 0 Å². The second-order valence-corrected chi connectivity index (χ2v) is 3.16. The van der Waals surface area contributed by atoms with Gasteiger partial charge >= 0.3 is 0 Å². The van der Waals surface area contributed by atoms with Gasteiger partial charge in [0.2, 0.25) is 0 Å². The van der Waals surface area contributed by atoms with Gasteiger partial charge in [-0.2, -0.15) is 12.6 Å². The summed E-state index contributed by atoms with van der Waals surface area (Å²) in [6.07, 6.45) is 0. The van der Waals surface area contributed by atoms with Crippen LogP contribution in [0.4, 0.5) is 4.39 Å². The topological polar surface area (TPSA) is 26.0 Å². The maximum Gasteiger partial charge on any atom is 0.126 e. The second kappa shape index (κ2) is 3.92. The Morgan fingerprint density at radius 2 is 2.25 bits per heavy atom. The third-order valence-corrected chi connectivity index (χ3v) is 2.20. The van der Waals surface area contributed by atoms with E-state index in [1.54, 1.807) is 19.1 Å². The van der Waals surface area contributed by atoms with Gasteiger partial charge in [-0.1, -0.05) is 12.1 Å². The lowest BCUT2D eigenvalue weighted by molar-refractivity contribution is 0.616. The zero-order valence-corrected chi connectivity index (χ0v) is 7.81. The molecule has 0 saturated heterocycles. The van der Waals surface area contributed by atoms with Gasteiger partial charge in [0.05, 0.1) is 0 Å². The zero-order valence-electron chi connectivity index (χ0n) is 6.92. The Labute approximate surface area is 77.2 Å². The van der Waals surface area contributed by atoms with Crippen LogP contribution in [-0.4, -0.2) is 5.75 Å². The highest BCUT2D eigenvalue weighted by molar-refractivity contribution is 7.80. The predicted octanol–water partition coefficient (Wildman–Crippen LogP) is 2.06. The van der Waals surface area contributed by atoms with Crippen molar-refractivity contribution in [3.8, 4) is 0 Å². The molecule has 66 valence electrons. The Kier molecular flexibility index (Phi) is 3.12. The van der Waals surface area contributed by atoms with E-state index in [1.165, 1.54) is 6.07 Å². The van der Waals surface area contributed by atoms with Gasteiger partial charge in [-0.05, 0) is 24.1 Å². The van der Waals surface area contributed by atoms with Crippen LogP contribution in [0.15, 0.2) is 18.2 Å². The third kappa shape index (κ3) is 1.99. The molecule has 1 rings (SSSR count). The highest BCUT2D eigenvalue weighted by atomic mass is 32.1. The average Bonchev–Trinajstić information content (AvgIpc) is 2.08. The van der Waals surface area contributed by atoms with E-state index in [-0.39, 0.29) is 11.9 Å². The van der Waals surface area contributed by atoms with Gasteiger partial charge < -0.3 is 5.73 Å². The van der Waals surface area contributed by atoms with Crippen molar-refractivity contribution in [2.24, 2.45) is 5.73 Å². The summed E-state index contributed by atoms with van der Waals surface area (Å²) in [4.78, 5) is 0. The maximum absolute atomic E-state index is 12.8. The first kappa shape index (κ1) is 9.55. The molecule has 0 spiro atoms. The van der Waals surface area contributed by atoms with E-state index < -0.39 is 0 Å². The van der Waals surface area contributed by atoms with Crippen LogP contribution in [0.1, 0.15) is 17.2 Å². The van der Waals surface area contributed by atoms with Crippen LogP contribution >= 0.6 is 12.6 Å². The Balaban J connectivity index is 2.96. The van der Waals surface area contributed by atoms with E-state index in [4.69, 9.17) is 5.73 Å². The summed E-state index contributed by atoms with van der Waals surface area (Å²) >= 11 is 4.07. The van der Waals surface area contributed by atoms with Crippen molar-refractivity contribution in [3.63, 3.8) is 0 Å². The summed E-state index contributed by atoms with van der Waals surface area (Å²) in [5, 5.41) is 0. The molecule has 1 aromatic carbocycles. The quantitative estimate of drug-likeness (QED) is 0.678. The average molecular weight is 185 g/mol. The zero-order chi connectivity index (χ0) is 9.14. The van der Waals surface area contributed by atoms with E-state index in [9.17, 15) is 4.39 Å². The molecule has 3 heteroatoms. The van der Waals surface area contributed by atoms with Crippen molar-refractivity contribution < 1.29 is 4.39 Å². The van der Waals surface area contributed by atoms with Crippen LogP contribution in [-0.2, 0) is 0 Å². The first-order valence-corrected chi connectivity index (χ1v) is 4.41. The molecule has 0 fully saturated rings. The molecule has 0 amide bonds. The first-order valence-electron chi connectivity index (χ1n) is 3.77. The second-order valence-electron chi connectivity index (χ2n) is 2.80. The lowest BCUT2D eigenvalue weighted by Crippen LogP contribution is -2.11. The highest BCUT2D eigenvalue weighted by Gasteiger charge is 2.05. The number of hydrogen-bond donors (Lipinski definition) is 2. The standard InChI is InChI=1S/C9H12FNS/c1-6-4-7(9(11)5-12)2-3-8(6)10/h2-4,9,12H,5,11H2,1H3. The molecule has 0 aliphatic rings. The van der Waals surface area contributed by atoms with Crippen molar-refractivity contribution >= 4 is 12.6 Å². The fraction of sp³-hybridized carbons (Fsp3) is 0.333. The third-order valence-electron chi connectivity index (χ3n) is 1.81. The lowest BCUT2D eigenvalue weighted by atomic mass is 10.1. The number of rotatable bonds is 2. The van der Waals surface area contributed by atoms with E-state index in [1.807, 2.05) is 0 Å². The number of nitrogens with two attached hydrogens (primary N) is 1. The van der Waals surface area contributed by atoms with E-state index in [0.717, 1.165) is 5.56 Å². The molecular formula is C9H12FNS. The molecule has 0 bridgehead atoms. The molecule has 2 N–H and O–H groups in total. The fourth-order valence-electron chi connectivity index (χ4n) is 1.00. The first-order chi connectivity index (χ1) is 5.65. The summed E-state index contributed by atoms with van der Waals surface area (Å²) in [5.74, 6) is 0.385. The smallest absolute Gasteiger partial charge is 0.126 e. The summed E-state index contributed by atoms with van der Waals surface area (Å²) in [6.45, 7) is 1.73. The van der Waals surface area contributed by atoms with Crippen molar-refractivity contribution in [1.82, 2.24) is 0 Å². The number of hydrogen-bond acceptors (Lipinski definition) is 2. The maximum atomic E-state index is 12.8. The molecule has 1 aromatic rings. The normalized spacial score (nSPS) is 13.0. The molecule has 1 atom stereocenters. The van der Waals surface area contributed by atoms with Gasteiger partial charge in [0, 0.05) is 11.8 Å². The van der Waals surface area contributed by atoms with Gasteiger partial charge in [0.25, 0.3) is 0 Å². The van der Waals surface area contributed by atoms with Crippen LogP contribution in [0, 0.1) is 12.7 Å². The number of benzene rings is 1. The number of thiol groups is 1. The van der Waals surface area contributed by atoms with E-state index in [0.29, 0.717) is 11.3 Å². The van der Waals surface area contributed by atoms with E-state index in [2.05, 4.69) is 12.6 Å². The fourth-order valence-corrected chi connectivity index (χ4v) is 1.21. The number of halogens is 1. The number of aryl methyl sites for hydroxylation is 1. The Morgan fingerprint density at radius 1 is 1.58 bits per heavy atom. The van der Waals surface area contributed by atoms with Crippen LogP contribution in [0.2, 0.25) is 0 Å². The monoisotopic (exact) mass is 185 g/mol. The Bertz CT molecular complexity index is 275. The van der Waals surface area contributed by atoms with Gasteiger partial charge in [0.1, 0.15) is 5.82 Å². The lowest BCUT2D eigenvalue weighted by Gasteiger charge is -2.09. The molecule has 0 radical (unpaired) electrons. The minimum atomic E-state index is -0.190. The molecule has 1 nitrogen and oxygen atoms in total. The van der Waals surface area contributed by atoms with Crippen LogP contribution in [0.3, 0.4) is 0 Å². The minimum absolute atomic E-state index is 0.104. The molecular weight excluding hydrogens is 173 g/mol. The molecule has 0 aliphatic heterocycles. The summed E-state index contributed by atoms with van der Waals surface area (Å²) in [5.41, 5.74) is 7.28. The van der Waals surface area contributed by atoms with Crippen LogP contribution in [0.5, 0.6) is 0 Å². The van der Waals surface area contributed by atoms with Crippen molar-refractivity contribution in [1.29, 1.82) is 0 Å². The molecule has 0 aromatic heterocycles. The van der Waals surface area contributed by atoms with Crippen LogP contribution in [0.25, 0.3) is 0 Å². The molecule has 1 unspecified atom stereocenters. The van der Waals surface area contributed by atoms with E-state index >= 15 is 0 Å². The highest BCUT2D eigenvalue weighted by Crippen LogP contribution is 2.15. The predicted molar refractivity (Wildman–Crippen MR) is 51.9 cm³/mol. The molecule has 0 saturated carbocycles. The van der Waals surface area contributed by atoms with Gasteiger partial charge in [-0.25, -0.2) is 4.39 Å². The van der Waals surface area contributed by atoms with Gasteiger partial charge in [0.15, 0.2) is 0 Å². The Morgan fingerprint density at radius 3 is 2.75 bits per heavy atom. The van der Waals surface area contributed by atoms with Crippen molar-refractivity contribution in [2.75, 3.05) is 5.75 Å². The summed E-state index contributed by atoms with van der Waals surface area (Å²) in [7, 11) is 0. The summed E-state index contributed by atoms with van der Waals surface area (Å²) < 4.78 is 12.8. The Hall–Kier alpha value is -0.540. The van der Waals surface area contributed by atoms with Crippen molar-refractivity contribution in [2.45, 2.75) is 13.0 Å². The minimum Gasteiger partial charge on any atom is -0.323 e. The van der Waals surface area contributed by atoms with Crippen LogP contribution < -0.4 is 5.73 Å².